The van der Waals surface area contributed by atoms with Gasteiger partial charge in [0.1, 0.15) is 0 Å². The third-order valence-corrected chi connectivity index (χ3v) is 5.24. The molecule has 2 rings (SSSR count). The summed E-state index contributed by atoms with van der Waals surface area (Å²) in [7, 11) is 0. The van der Waals surface area contributed by atoms with E-state index in [4.69, 9.17) is 0 Å². The van der Waals surface area contributed by atoms with Gasteiger partial charge in [0.25, 0.3) is 0 Å². The molecule has 1 saturated carbocycles. The van der Waals surface area contributed by atoms with E-state index in [9.17, 15) is 0 Å². The van der Waals surface area contributed by atoms with Gasteiger partial charge in [-0.15, -0.1) is 0 Å². The minimum absolute atomic E-state index is 0.814. The van der Waals surface area contributed by atoms with Crippen molar-refractivity contribution >= 4 is 11.8 Å². The van der Waals surface area contributed by atoms with Crippen molar-refractivity contribution in [1.29, 1.82) is 0 Å². The smallest absolute Gasteiger partial charge is 0.0149 e. The molecule has 1 N–H and O–H groups in total. The Bertz CT molecular complexity index is 206. The second-order valence-corrected chi connectivity index (χ2v) is 7.75. The van der Waals surface area contributed by atoms with Crippen LogP contribution in [0.1, 0.15) is 39.5 Å². The van der Waals surface area contributed by atoms with Crippen LogP contribution in [0.15, 0.2) is 0 Å². The van der Waals surface area contributed by atoms with E-state index in [-0.39, 0.29) is 0 Å². The summed E-state index contributed by atoms with van der Waals surface area (Å²) in [6, 6.07) is 0. The maximum absolute atomic E-state index is 3.66. The second-order valence-electron chi connectivity index (χ2n) is 5.87. The largest absolute Gasteiger partial charge is 0.315 e. The normalized spacial score (nSPS) is 32.1. The highest BCUT2D eigenvalue weighted by Crippen LogP contribution is 2.25. The first kappa shape index (κ1) is 13.7. The van der Waals surface area contributed by atoms with Crippen molar-refractivity contribution in [2.24, 2.45) is 5.92 Å². The van der Waals surface area contributed by atoms with E-state index in [0.29, 0.717) is 0 Å². The average Bonchev–Trinajstić information content (AvgIpc) is 2.76. The topological polar surface area (TPSA) is 15.3 Å². The van der Waals surface area contributed by atoms with Crippen molar-refractivity contribution in [1.82, 2.24) is 10.2 Å². The Morgan fingerprint density at radius 1 is 1.12 bits per heavy atom. The molecule has 100 valence electrons. The van der Waals surface area contributed by atoms with Gasteiger partial charge in [-0.25, -0.2) is 0 Å². The fraction of sp³-hybridized carbons (Fsp3) is 1.00. The van der Waals surface area contributed by atoms with Crippen LogP contribution < -0.4 is 5.32 Å². The van der Waals surface area contributed by atoms with Crippen LogP contribution in [0, 0.1) is 5.92 Å². The van der Waals surface area contributed by atoms with Crippen molar-refractivity contribution in [2.45, 2.75) is 50.0 Å². The lowest BCUT2D eigenvalue weighted by molar-refractivity contribution is 0.268. The summed E-state index contributed by atoms with van der Waals surface area (Å²) in [5, 5.41) is 5.28. The van der Waals surface area contributed by atoms with Crippen LogP contribution in [0.2, 0.25) is 0 Å². The molecule has 0 amide bonds. The van der Waals surface area contributed by atoms with Crippen LogP contribution in [0.4, 0.5) is 0 Å². The Hall–Kier alpha value is 0.270. The SMILES string of the molecule is CC1CN(CCNCC2CCCC2)CC(C)S1. The summed E-state index contributed by atoms with van der Waals surface area (Å²) in [6.45, 7) is 11.0. The van der Waals surface area contributed by atoms with E-state index in [0.717, 1.165) is 16.4 Å². The number of hydrogen-bond acceptors (Lipinski definition) is 3. The van der Waals surface area contributed by atoms with Crippen molar-refractivity contribution < 1.29 is 0 Å². The van der Waals surface area contributed by atoms with E-state index in [1.54, 1.807) is 0 Å². The zero-order valence-corrected chi connectivity index (χ0v) is 12.3. The Morgan fingerprint density at radius 3 is 2.41 bits per heavy atom. The zero-order valence-electron chi connectivity index (χ0n) is 11.5. The lowest BCUT2D eigenvalue weighted by Crippen LogP contribution is -2.43. The quantitative estimate of drug-likeness (QED) is 0.761. The number of hydrogen-bond donors (Lipinski definition) is 1. The Kier molecular flexibility index (Phi) is 5.64. The minimum atomic E-state index is 0.814. The molecular formula is C14H28N2S. The van der Waals surface area contributed by atoms with Gasteiger partial charge in [-0.05, 0) is 25.3 Å². The first-order chi connectivity index (χ1) is 8.24. The predicted octanol–water partition coefficient (Wildman–Crippen LogP) is 2.59. The molecule has 0 aromatic rings. The predicted molar refractivity (Wildman–Crippen MR) is 77.8 cm³/mol. The van der Waals surface area contributed by atoms with Crippen LogP contribution in [0.3, 0.4) is 0 Å². The van der Waals surface area contributed by atoms with Crippen molar-refractivity contribution in [3.05, 3.63) is 0 Å². The Labute approximate surface area is 111 Å². The van der Waals surface area contributed by atoms with Crippen molar-refractivity contribution in [3.63, 3.8) is 0 Å². The monoisotopic (exact) mass is 256 g/mol. The van der Waals surface area contributed by atoms with Crippen LogP contribution in [0.5, 0.6) is 0 Å². The van der Waals surface area contributed by atoms with Gasteiger partial charge in [0.05, 0.1) is 0 Å². The van der Waals surface area contributed by atoms with Crippen LogP contribution >= 0.6 is 11.8 Å². The molecule has 0 aromatic carbocycles. The van der Waals surface area contributed by atoms with Crippen LogP contribution in [0.25, 0.3) is 0 Å². The molecule has 1 aliphatic heterocycles. The highest BCUT2D eigenvalue weighted by molar-refractivity contribution is 8.00. The maximum Gasteiger partial charge on any atom is 0.0149 e. The lowest BCUT2D eigenvalue weighted by Gasteiger charge is -2.34. The van der Waals surface area contributed by atoms with Crippen molar-refractivity contribution in [2.75, 3.05) is 32.7 Å². The van der Waals surface area contributed by atoms with Gasteiger partial charge >= 0.3 is 0 Å². The fourth-order valence-electron chi connectivity index (χ4n) is 3.22. The summed E-state index contributed by atoms with van der Waals surface area (Å²) in [6.07, 6.45) is 5.85. The van der Waals surface area contributed by atoms with Gasteiger partial charge in [-0.1, -0.05) is 26.7 Å². The molecule has 1 aliphatic carbocycles. The molecule has 2 nitrogen and oxygen atoms in total. The molecule has 1 saturated heterocycles. The molecule has 0 spiro atoms. The summed E-state index contributed by atoms with van der Waals surface area (Å²) in [4.78, 5) is 2.63. The molecule has 17 heavy (non-hydrogen) atoms. The minimum Gasteiger partial charge on any atom is -0.315 e. The summed E-state index contributed by atoms with van der Waals surface area (Å²) in [5.74, 6) is 0.977. The third-order valence-electron chi connectivity index (χ3n) is 4.01. The first-order valence-corrected chi connectivity index (χ1v) is 8.27. The fourth-order valence-corrected chi connectivity index (χ4v) is 4.61. The van der Waals surface area contributed by atoms with Gasteiger partial charge < -0.3 is 5.32 Å². The lowest BCUT2D eigenvalue weighted by atomic mass is 10.1. The molecule has 2 fully saturated rings. The second kappa shape index (κ2) is 7.01. The molecule has 2 atom stereocenters. The standard InChI is InChI=1S/C14H28N2S/c1-12-10-16(11-13(2)17-12)8-7-15-9-14-5-3-4-6-14/h12-15H,3-11H2,1-2H3. The molecule has 2 aliphatic rings. The summed E-state index contributed by atoms with van der Waals surface area (Å²) in [5.41, 5.74) is 0. The zero-order chi connectivity index (χ0) is 12.1. The molecule has 2 unspecified atom stereocenters. The number of nitrogens with zero attached hydrogens (tertiary/aromatic N) is 1. The maximum atomic E-state index is 3.66. The third kappa shape index (κ3) is 4.80. The number of nitrogens with one attached hydrogen (secondary N) is 1. The van der Waals surface area contributed by atoms with E-state index < -0.39 is 0 Å². The van der Waals surface area contributed by atoms with E-state index in [1.165, 1.54) is 58.4 Å². The summed E-state index contributed by atoms with van der Waals surface area (Å²) < 4.78 is 0. The van der Waals surface area contributed by atoms with Crippen LogP contribution in [-0.4, -0.2) is 48.1 Å². The van der Waals surface area contributed by atoms with Gasteiger partial charge in [-0.2, -0.15) is 11.8 Å². The van der Waals surface area contributed by atoms with Gasteiger partial charge in [0.15, 0.2) is 0 Å². The number of thioether (sulfide) groups is 1. The van der Waals surface area contributed by atoms with Gasteiger partial charge in [0.2, 0.25) is 0 Å². The van der Waals surface area contributed by atoms with E-state index in [2.05, 4.69) is 35.8 Å². The average molecular weight is 256 g/mol. The number of rotatable bonds is 5. The summed E-state index contributed by atoms with van der Waals surface area (Å²) >= 11 is 2.14. The van der Waals surface area contributed by atoms with E-state index >= 15 is 0 Å². The Morgan fingerprint density at radius 2 is 1.76 bits per heavy atom. The Balaban J connectivity index is 1.54. The molecule has 0 aromatic heterocycles. The molecule has 0 radical (unpaired) electrons. The van der Waals surface area contributed by atoms with Gasteiger partial charge in [-0.3, -0.25) is 4.90 Å². The molecule has 1 heterocycles. The molecule has 3 heteroatoms. The van der Waals surface area contributed by atoms with Crippen molar-refractivity contribution in [3.8, 4) is 0 Å². The van der Waals surface area contributed by atoms with Crippen LogP contribution in [-0.2, 0) is 0 Å². The first-order valence-electron chi connectivity index (χ1n) is 7.32. The highest BCUT2D eigenvalue weighted by atomic mass is 32.2. The molecule has 0 bridgehead atoms. The van der Waals surface area contributed by atoms with Gasteiger partial charge in [0, 0.05) is 36.7 Å². The van der Waals surface area contributed by atoms with E-state index in [1.807, 2.05) is 0 Å². The molecular weight excluding hydrogens is 228 g/mol. The highest BCUT2D eigenvalue weighted by Gasteiger charge is 2.21.